The molecule has 6 nitrogen and oxygen atoms in total. The van der Waals surface area contributed by atoms with Crippen molar-refractivity contribution in [3.05, 3.63) is 131 Å². The van der Waals surface area contributed by atoms with Gasteiger partial charge in [0.15, 0.2) is 11.5 Å². The molecule has 0 fully saturated rings. The van der Waals surface area contributed by atoms with Crippen LogP contribution in [0.15, 0.2) is 109 Å². The lowest BCUT2D eigenvalue weighted by Gasteiger charge is -2.22. The van der Waals surface area contributed by atoms with Gasteiger partial charge in [0, 0.05) is 18.3 Å². The van der Waals surface area contributed by atoms with E-state index in [1.807, 2.05) is 109 Å². The first-order chi connectivity index (χ1) is 18.6. The molecule has 0 radical (unpaired) electrons. The van der Waals surface area contributed by atoms with E-state index in [0.29, 0.717) is 24.6 Å². The Morgan fingerprint density at radius 3 is 2.32 bits per heavy atom. The molecule has 1 N–H and O–H groups in total. The molecular weight excluding hydrogens is 476 g/mol. The Kier molecular flexibility index (Phi) is 7.80. The van der Waals surface area contributed by atoms with Crippen molar-refractivity contribution >= 4 is 23.6 Å². The van der Waals surface area contributed by atoms with Crippen LogP contribution >= 0.6 is 0 Å². The highest BCUT2D eigenvalue weighted by Crippen LogP contribution is 2.32. The van der Waals surface area contributed by atoms with Gasteiger partial charge in [0.25, 0.3) is 5.91 Å². The lowest BCUT2D eigenvalue weighted by molar-refractivity contribution is -0.120. The van der Waals surface area contributed by atoms with E-state index in [0.717, 1.165) is 27.9 Å². The second-order valence-electron chi connectivity index (χ2n) is 8.97. The van der Waals surface area contributed by atoms with Gasteiger partial charge in [-0.25, -0.2) is 0 Å². The molecule has 38 heavy (non-hydrogen) atoms. The Bertz CT molecular complexity index is 1430. The number of nitrogens with one attached hydrogen (secondary N) is 1. The number of hydrogen-bond donors (Lipinski definition) is 1. The smallest absolute Gasteiger partial charge is 0.251 e. The fourth-order valence-electron chi connectivity index (χ4n) is 4.22. The Morgan fingerprint density at radius 2 is 1.50 bits per heavy atom. The molecule has 0 spiro atoms. The van der Waals surface area contributed by atoms with Gasteiger partial charge in [0.1, 0.15) is 0 Å². The molecule has 4 aromatic carbocycles. The third-order valence-electron chi connectivity index (χ3n) is 6.18. The maximum atomic E-state index is 13.3. The minimum Gasteiger partial charge on any atom is -0.454 e. The van der Waals surface area contributed by atoms with E-state index in [-0.39, 0.29) is 25.0 Å². The summed E-state index contributed by atoms with van der Waals surface area (Å²) in [5, 5.41) is 2.96. The molecule has 0 atom stereocenters. The Balaban J connectivity index is 1.28. The van der Waals surface area contributed by atoms with Crippen LogP contribution in [0.25, 0.3) is 6.08 Å². The van der Waals surface area contributed by atoms with Gasteiger partial charge in [-0.15, -0.1) is 0 Å². The van der Waals surface area contributed by atoms with Gasteiger partial charge in [0.2, 0.25) is 12.7 Å². The van der Waals surface area contributed by atoms with Crippen LogP contribution in [-0.4, -0.2) is 18.6 Å². The quantitative estimate of drug-likeness (QED) is 0.305. The lowest BCUT2D eigenvalue weighted by atomic mass is 10.1. The number of carbonyl (C=O) groups is 2. The largest absolute Gasteiger partial charge is 0.454 e. The van der Waals surface area contributed by atoms with Gasteiger partial charge < -0.3 is 19.7 Å². The van der Waals surface area contributed by atoms with E-state index >= 15 is 0 Å². The first kappa shape index (κ1) is 24.8. The first-order valence-corrected chi connectivity index (χ1v) is 12.5. The molecule has 0 aliphatic carbocycles. The van der Waals surface area contributed by atoms with Crippen molar-refractivity contribution < 1.29 is 19.1 Å². The summed E-state index contributed by atoms with van der Waals surface area (Å²) in [4.78, 5) is 27.8. The maximum absolute atomic E-state index is 13.3. The van der Waals surface area contributed by atoms with Gasteiger partial charge >= 0.3 is 0 Å². The minimum absolute atomic E-state index is 0.107. The average Bonchev–Trinajstić information content (AvgIpc) is 3.43. The van der Waals surface area contributed by atoms with E-state index in [4.69, 9.17) is 9.47 Å². The molecule has 0 bridgehead atoms. The van der Waals surface area contributed by atoms with Crippen LogP contribution < -0.4 is 19.7 Å². The summed E-state index contributed by atoms with van der Waals surface area (Å²) in [7, 11) is 0. The molecule has 6 heteroatoms. The molecular formula is C32H28N2O4. The van der Waals surface area contributed by atoms with E-state index in [1.54, 1.807) is 11.0 Å². The normalized spacial score (nSPS) is 11.9. The van der Waals surface area contributed by atoms with Crippen molar-refractivity contribution in [2.24, 2.45) is 0 Å². The second-order valence-corrected chi connectivity index (χ2v) is 8.97. The van der Waals surface area contributed by atoms with E-state index in [9.17, 15) is 9.59 Å². The predicted octanol–water partition coefficient (Wildman–Crippen LogP) is 5.52. The van der Waals surface area contributed by atoms with Crippen LogP contribution in [0.5, 0.6) is 11.5 Å². The van der Waals surface area contributed by atoms with Gasteiger partial charge in [-0.2, -0.15) is 0 Å². The highest BCUT2D eigenvalue weighted by Gasteiger charge is 2.16. The van der Waals surface area contributed by atoms with Crippen molar-refractivity contribution in [2.45, 2.75) is 19.5 Å². The summed E-state index contributed by atoms with van der Waals surface area (Å²) in [5.41, 5.74) is 4.46. The minimum atomic E-state index is -0.137. The van der Waals surface area contributed by atoms with Gasteiger partial charge in [0.05, 0.1) is 13.0 Å². The molecule has 0 aromatic heterocycles. The molecule has 4 aromatic rings. The summed E-state index contributed by atoms with van der Waals surface area (Å²) in [6, 6.07) is 32.8. The summed E-state index contributed by atoms with van der Waals surface area (Å²) in [5.74, 6) is 1.16. The molecule has 0 unspecified atom stereocenters. The van der Waals surface area contributed by atoms with Gasteiger partial charge in [-0.05, 0) is 52.6 Å². The molecule has 1 aliphatic rings. The van der Waals surface area contributed by atoms with Crippen LogP contribution in [0.3, 0.4) is 0 Å². The maximum Gasteiger partial charge on any atom is 0.251 e. The van der Waals surface area contributed by atoms with Crippen molar-refractivity contribution in [3.63, 3.8) is 0 Å². The van der Waals surface area contributed by atoms with Crippen molar-refractivity contribution in [2.75, 3.05) is 11.7 Å². The number of ether oxygens (including phenoxy) is 2. The topological polar surface area (TPSA) is 67.9 Å². The number of fused-ring (bicyclic) bond motifs is 1. The van der Waals surface area contributed by atoms with Crippen LogP contribution in [0.4, 0.5) is 5.69 Å². The van der Waals surface area contributed by atoms with Crippen molar-refractivity contribution in [1.82, 2.24) is 5.32 Å². The highest BCUT2D eigenvalue weighted by molar-refractivity contribution is 6.03. The Morgan fingerprint density at radius 1 is 0.763 bits per heavy atom. The third-order valence-corrected chi connectivity index (χ3v) is 6.18. The Labute approximate surface area is 222 Å². The molecule has 5 rings (SSSR count). The molecule has 0 saturated heterocycles. The summed E-state index contributed by atoms with van der Waals surface area (Å²) >= 11 is 0. The molecule has 0 saturated carbocycles. The average molecular weight is 505 g/mol. The zero-order valence-electron chi connectivity index (χ0n) is 20.9. The number of rotatable bonds is 9. The number of hydrogen-bond acceptors (Lipinski definition) is 4. The fraction of sp³-hybridized carbons (Fsp3) is 0.125. The number of amides is 2. The number of carbonyl (C=O) groups excluding carboxylic acids is 2. The number of benzene rings is 4. The van der Waals surface area contributed by atoms with E-state index in [2.05, 4.69) is 5.32 Å². The predicted molar refractivity (Wildman–Crippen MR) is 148 cm³/mol. The fourth-order valence-corrected chi connectivity index (χ4v) is 4.22. The van der Waals surface area contributed by atoms with E-state index in [1.165, 1.54) is 0 Å². The highest BCUT2D eigenvalue weighted by atomic mass is 16.7. The van der Waals surface area contributed by atoms with Crippen molar-refractivity contribution in [3.8, 4) is 11.5 Å². The summed E-state index contributed by atoms with van der Waals surface area (Å²) in [6.07, 6.45) is 3.60. The zero-order chi connectivity index (χ0) is 26.2. The van der Waals surface area contributed by atoms with Gasteiger partial charge in [-0.1, -0.05) is 78.9 Å². The Hall–Kier alpha value is -4.84. The number of nitrogens with zero attached hydrogens (tertiary/aromatic N) is 1. The third kappa shape index (κ3) is 6.48. The van der Waals surface area contributed by atoms with E-state index < -0.39 is 0 Å². The number of anilines is 1. The molecule has 190 valence electrons. The van der Waals surface area contributed by atoms with Gasteiger partial charge in [-0.3, -0.25) is 9.59 Å². The second kappa shape index (κ2) is 11.9. The monoisotopic (exact) mass is 504 g/mol. The van der Waals surface area contributed by atoms with Crippen LogP contribution in [-0.2, 0) is 29.1 Å². The lowest BCUT2D eigenvalue weighted by Crippen LogP contribution is -2.29. The molecule has 1 heterocycles. The van der Waals surface area contributed by atoms with Crippen molar-refractivity contribution in [1.29, 1.82) is 0 Å². The van der Waals surface area contributed by atoms with Crippen LogP contribution in [0, 0.1) is 0 Å². The summed E-state index contributed by atoms with van der Waals surface area (Å²) in [6.45, 7) is 1.02. The van der Waals surface area contributed by atoms with Crippen LogP contribution in [0.2, 0.25) is 0 Å². The summed E-state index contributed by atoms with van der Waals surface area (Å²) < 4.78 is 10.7. The zero-order valence-corrected chi connectivity index (χ0v) is 20.9. The molecule has 2 amide bonds. The first-order valence-electron chi connectivity index (χ1n) is 12.5. The van der Waals surface area contributed by atoms with Crippen LogP contribution in [0.1, 0.15) is 22.3 Å². The SMILES string of the molecule is O=C(Cc1cccc(N(Cc2ccccc2)C(=O)/C=C/c2ccccc2)c1)NCc1ccc2c(c1)OCO2. The molecule has 1 aliphatic heterocycles. The standard InChI is InChI=1S/C32H28N2O4/c35-31(33-21-27-14-16-29-30(19-27)38-23-37-29)20-26-12-7-13-28(18-26)34(22-25-10-5-2-6-11-25)32(36)17-15-24-8-3-1-4-9-24/h1-19H,20-23H2,(H,33,35)/b17-15+.